The van der Waals surface area contributed by atoms with E-state index in [9.17, 15) is 9.59 Å². The highest BCUT2D eigenvalue weighted by Gasteiger charge is 2.32. The van der Waals surface area contributed by atoms with Crippen molar-refractivity contribution in [2.24, 2.45) is 5.92 Å². The van der Waals surface area contributed by atoms with Crippen molar-refractivity contribution < 1.29 is 14.3 Å². The van der Waals surface area contributed by atoms with Crippen molar-refractivity contribution in [1.82, 2.24) is 14.7 Å². The molecule has 0 aromatic heterocycles. The van der Waals surface area contributed by atoms with Gasteiger partial charge in [-0.3, -0.25) is 14.5 Å². The van der Waals surface area contributed by atoms with Crippen LogP contribution in [0.1, 0.15) is 35.2 Å². The molecule has 1 unspecified atom stereocenters. The first-order valence-corrected chi connectivity index (χ1v) is 12.1. The molecule has 2 heterocycles. The Kier molecular flexibility index (Phi) is 7.89. The molecule has 0 N–H and O–H groups in total. The van der Waals surface area contributed by atoms with Gasteiger partial charge in [-0.1, -0.05) is 23.7 Å². The van der Waals surface area contributed by atoms with E-state index in [4.69, 9.17) is 16.3 Å². The minimum Gasteiger partial charge on any atom is -0.497 e. The number of amides is 2. The molecule has 2 saturated heterocycles. The molecule has 2 aromatic carbocycles. The summed E-state index contributed by atoms with van der Waals surface area (Å²) in [4.78, 5) is 32.5. The molecule has 2 aliphatic rings. The molecule has 0 saturated carbocycles. The maximum Gasteiger partial charge on any atom is 0.253 e. The minimum atomic E-state index is -0.122. The van der Waals surface area contributed by atoms with Crippen molar-refractivity contribution in [3.8, 4) is 5.75 Å². The van der Waals surface area contributed by atoms with Crippen molar-refractivity contribution in [3.63, 3.8) is 0 Å². The summed E-state index contributed by atoms with van der Waals surface area (Å²) in [6, 6.07) is 15.1. The van der Waals surface area contributed by atoms with Crippen molar-refractivity contribution in [3.05, 3.63) is 64.7 Å². The van der Waals surface area contributed by atoms with E-state index in [2.05, 4.69) is 17.0 Å². The van der Waals surface area contributed by atoms with Crippen LogP contribution in [0.2, 0.25) is 5.02 Å². The number of carbonyl (C=O) groups is 2. The van der Waals surface area contributed by atoms with Crippen LogP contribution in [0.15, 0.2) is 48.5 Å². The number of rotatable bonds is 5. The van der Waals surface area contributed by atoms with Gasteiger partial charge in [0.2, 0.25) is 5.91 Å². The first-order chi connectivity index (χ1) is 16.0. The van der Waals surface area contributed by atoms with Gasteiger partial charge in [-0.05, 0) is 61.2 Å². The molecule has 7 heteroatoms. The van der Waals surface area contributed by atoms with Gasteiger partial charge < -0.3 is 14.5 Å². The Balaban J connectivity index is 1.31. The highest BCUT2D eigenvalue weighted by Crippen LogP contribution is 2.22. The second-order valence-corrected chi connectivity index (χ2v) is 9.34. The van der Waals surface area contributed by atoms with Crippen LogP contribution >= 0.6 is 11.6 Å². The van der Waals surface area contributed by atoms with E-state index < -0.39 is 0 Å². The molecule has 0 spiro atoms. The molecule has 2 aliphatic heterocycles. The van der Waals surface area contributed by atoms with Crippen LogP contribution in [0.3, 0.4) is 0 Å². The molecule has 33 heavy (non-hydrogen) atoms. The second-order valence-electron chi connectivity index (χ2n) is 8.90. The number of likely N-dealkylation sites (tertiary alicyclic amines) is 1. The number of nitrogens with zero attached hydrogens (tertiary/aromatic N) is 3. The third-order valence-electron chi connectivity index (χ3n) is 6.61. The molecule has 4 rings (SSSR count). The van der Waals surface area contributed by atoms with E-state index in [-0.39, 0.29) is 17.7 Å². The Labute approximate surface area is 201 Å². The summed E-state index contributed by atoms with van der Waals surface area (Å²) in [5, 5.41) is 0.612. The van der Waals surface area contributed by atoms with Crippen molar-refractivity contribution in [2.75, 3.05) is 46.4 Å². The number of ether oxygens (including phenoxy) is 1. The molecular weight excluding hydrogens is 438 g/mol. The van der Waals surface area contributed by atoms with Gasteiger partial charge >= 0.3 is 0 Å². The molecule has 2 fully saturated rings. The second kappa shape index (κ2) is 11.0. The molecule has 2 aromatic rings. The van der Waals surface area contributed by atoms with Crippen molar-refractivity contribution in [1.29, 1.82) is 0 Å². The zero-order valence-electron chi connectivity index (χ0n) is 19.2. The molecule has 1 atom stereocenters. The number of hydrogen-bond acceptors (Lipinski definition) is 4. The number of benzene rings is 2. The maximum absolute atomic E-state index is 13.3. The Morgan fingerprint density at radius 2 is 1.64 bits per heavy atom. The Morgan fingerprint density at radius 1 is 0.909 bits per heavy atom. The van der Waals surface area contributed by atoms with E-state index in [1.165, 1.54) is 5.56 Å². The fourth-order valence-corrected chi connectivity index (χ4v) is 4.86. The van der Waals surface area contributed by atoms with E-state index in [0.717, 1.165) is 57.7 Å². The van der Waals surface area contributed by atoms with Gasteiger partial charge in [0.15, 0.2) is 0 Å². The van der Waals surface area contributed by atoms with Gasteiger partial charge in [0.1, 0.15) is 5.75 Å². The summed E-state index contributed by atoms with van der Waals surface area (Å²) < 4.78 is 5.24. The smallest absolute Gasteiger partial charge is 0.253 e. The Hall–Kier alpha value is -2.57. The van der Waals surface area contributed by atoms with Crippen LogP contribution in [0.25, 0.3) is 0 Å². The van der Waals surface area contributed by atoms with Crippen LogP contribution in [-0.4, -0.2) is 72.9 Å². The number of halogens is 1. The SMILES string of the molecule is COc1ccc(CN2CCCN(C(=O)C3CCCN(C(=O)c4ccc(Cl)cc4)C3)CC2)cc1. The van der Waals surface area contributed by atoms with Crippen LogP contribution in [-0.2, 0) is 11.3 Å². The highest BCUT2D eigenvalue weighted by atomic mass is 35.5. The summed E-state index contributed by atoms with van der Waals surface area (Å²) in [6.45, 7) is 5.40. The molecule has 2 amide bonds. The van der Waals surface area contributed by atoms with E-state index in [1.54, 1.807) is 31.4 Å². The standard InChI is InChI=1S/C26H32ClN3O3/c1-33-24-11-5-20(6-12-24)18-28-13-3-15-29(17-16-28)26(32)22-4-2-14-30(19-22)25(31)21-7-9-23(27)10-8-21/h5-12,22H,2-4,13-19H2,1H3. The lowest BCUT2D eigenvalue weighted by molar-refractivity contribution is -0.136. The summed E-state index contributed by atoms with van der Waals surface area (Å²) in [5.74, 6) is 0.909. The van der Waals surface area contributed by atoms with E-state index >= 15 is 0 Å². The monoisotopic (exact) mass is 469 g/mol. The highest BCUT2D eigenvalue weighted by molar-refractivity contribution is 6.30. The average Bonchev–Trinajstić information content (AvgIpc) is 3.10. The van der Waals surface area contributed by atoms with Gasteiger partial charge in [-0.15, -0.1) is 0 Å². The van der Waals surface area contributed by atoms with Crippen LogP contribution in [0.4, 0.5) is 0 Å². The predicted molar refractivity (Wildman–Crippen MR) is 130 cm³/mol. The summed E-state index contributed by atoms with van der Waals surface area (Å²) in [5.41, 5.74) is 1.87. The minimum absolute atomic E-state index is 0.0225. The third kappa shape index (κ3) is 6.06. The average molecular weight is 470 g/mol. The normalized spacial score (nSPS) is 19.8. The molecule has 6 nitrogen and oxygen atoms in total. The van der Waals surface area contributed by atoms with Crippen LogP contribution in [0, 0.1) is 5.92 Å². The zero-order valence-corrected chi connectivity index (χ0v) is 20.0. The lowest BCUT2D eigenvalue weighted by atomic mass is 9.95. The van der Waals surface area contributed by atoms with Crippen molar-refractivity contribution in [2.45, 2.75) is 25.8 Å². The van der Waals surface area contributed by atoms with Gasteiger partial charge in [0, 0.05) is 56.4 Å². The zero-order chi connectivity index (χ0) is 23.2. The molecule has 176 valence electrons. The summed E-state index contributed by atoms with van der Waals surface area (Å²) in [7, 11) is 1.68. The van der Waals surface area contributed by atoms with Gasteiger partial charge in [0.25, 0.3) is 5.91 Å². The fourth-order valence-electron chi connectivity index (χ4n) is 4.73. The topological polar surface area (TPSA) is 53.1 Å². The number of hydrogen-bond donors (Lipinski definition) is 0. The first kappa shape index (κ1) is 23.6. The number of methoxy groups -OCH3 is 1. The lowest BCUT2D eigenvalue weighted by Gasteiger charge is -2.35. The largest absolute Gasteiger partial charge is 0.497 e. The van der Waals surface area contributed by atoms with E-state index in [0.29, 0.717) is 23.7 Å². The predicted octanol–water partition coefficient (Wildman–Crippen LogP) is 3.94. The number of piperidine rings is 1. The van der Waals surface area contributed by atoms with Gasteiger partial charge in [-0.2, -0.15) is 0 Å². The molecule has 0 radical (unpaired) electrons. The first-order valence-electron chi connectivity index (χ1n) is 11.7. The fraction of sp³-hybridized carbons (Fsp3) is 0.462. The Morgan fingerprint density at radius 3 is 2.36 bits per heavy atom. The molecule has 0 aliphatic carbocycles. The quantitative estimate of drug-likeness (QED) is 0.665. The third-order valence-corrected chi connectivity index (χ3v) is 6.87. The van der Waals surface area contributed by atoms with Crippen molar-refractivity contribution >= 4 is 23.4 Å². The van der Waals surface area contributed by atoms with Gasteiger partial charge in [-0.25, -0.2) is 0 Å². The Bertz CT molecular complexity index is 948. The molecule has 0 bridgehead atoms. The summed E-state index contributed by atoms with van der Waals surface area (Å²) >= 11 is 5.95. The lowest BCUT2D eigenvalue weighted by Crippen LogP contribution is -2.47. The van der Waals surface area contributed by atoms with Crippen LogP contribution in [0.5, 0.6) is 5.75 Å². The van der Waals surface area contributed by atoms with Gasteiger partial charge in [0.05, 0.1) is 13.0 Å². The van der Waals surface area contributed by atoms with Crippen LogP contribution < -0.4 is 4.74 Å². The van der Waals surface area contributed by atoms with E-state index in [1.807, 2.05) is 21.9 Å². The maximum atomic E-state index is 13.3. The summed E-state index contributed by atoms with van der Waals surface area (Å²) in [6.07, 6.45) is 2.66. The number of carbonyl (C=O) groups excluding carboxylic acids is 2. The molecular formula is C26H32ClN3O3.